The van der Waals surface area contributed by atoms with Gasteiger partial charge in [-0.3, -0.25) is 4.79 Å². The van der Waals surface area contributed by atoms with Gasteiger partial charge in [-0.25, -0.2) is 4.98 Å². The van der Waals surface area contributed by atoms with E-state index in [2.05, 4.69) is 10.3 Å². The maximum atomic E-state index is 13.6. The number of para-hydroxylation sites is 3. The predicted molar refractivity (Wildman–Crippen MR) is 126 cm³/mol. The van der Waals surface area contributed by atoms with Crippen molar-refractivity contribution in [1.29, 1.82) is 0 Å². The smallest absolute Gasteiger partial charge is 0.268 e. The molecule has 0 saturated carbocycles. The van der Waals surface area contributed by atoms with E-state index in [1.54, 1.807) is 7.11 Å². The Labute approximate surface area is 185 Å². The van der Waals surface area contributed by atoms with E-state index in [0.717, 1.165) is 27.5 Å². The molecule has 1 amide bonds. The number of rotatable bonds is 7. The monoisotopic (exact) mass is 424 g/mol. The molecule has 1 unspecified atom stereocenters. The summed E-state index contributed by atoms with van der Waals surface area (Å²) in [5, 5.41) is 4.23. The van der Waals surface area contributed by atoms with Crippen LogP contribution in [0.5, 0.6) is 0 Å². The molecule has 3 aromatic carbocycles. The lowest BCUT2D eigenvalue weighted by atomic mass is 10.1. The number of carbonyl (C=O) groups excluding carboxylic acids is 1. The molecule has 6 nitrogen and oxygen atoms in total. The lowest BCUT2D eigenvalue weighted by molar-refractivity contribution is 0.0930. The molecule has 1 atom stereocenters. The minimum Gasteiger partial charge on any atom is -0.383 e. The van der Waals surface area contributed by atoms with Crippen LogP contribution in [-0.4, -0.2) is 34.2 Å². The number of nitrogens with zero attached hydrogens (tertiary/aromatic N) is 2. The molecule has 0 saturated heterocycles. The Hall–Kier alpha value is -3.90. The van der Waals surface area contributed by atoms with Gasteiger partial charge in [0.25, 0.3) is 5.91 Å². The van der Waals surface area contributed by atoms with Crippen molar-refractivity contribution in [1.82, 2.24) is 19.9 Å². The standard InChI is InChI=1S/C26H24N4O2/c1-32-16-15-30-22-14-8-5-11-19(22)17-23(30)26(31)29-24(18-9-3-2-4-10-18)25-27-20-12-6-7-13-21(20)28-25/h2-14,17,24H,15-16H2,1H3,(H,27,28)(H,29,31). The summed E-state index contributed by atoms with van der Waals surface area (Å²) in [6.45, 7) is 1.11. The maximum Gasteiger partial charge on any atom is 0.268 e. The van der Waals surface area contributed by atoms with Gasteiger partial charge in [0.1, 0.15) is 17.6 Å². The number of carbonyl (C=O) groups is 1. The zero-order valence-electron chi connectivity index (χ0n) is 17.8. The first-order valence-electron chi connectivity index (χ1n) is 10.6. The quantitative estimate of drug-likeness (QED) is 0.398. The normalized spacial score (nSPS) is 12.3. The van der Waals surface area contributed by atoms with Crippen LogP contribution in [0.3, 0.4) is 0 Å². The highest BCUT2D eigenvalue weighted by Crippen LogP contribution is 2.25. The molecule has 2 heterocycles. The van der Waals surface area contributed by atoms with E-state index < -0.39 is 6.04 Å². The van der Waals surface area contributed by atoms with Crippen LogP contribution in [0.4, 0.5) is 0 Å². The molecular weight excluding hydrogens is 400 g/mol. The fourth-order valence-corrected chi connectivity index (χ4v) is 4.09. The van der Waals surface area contributed by atoms with Crippen LogP contribution in [0.1, 0.15) is 27.9 Å². The summed E-state index contributed by atoms with van der Waals surface area (Å²) >= 11 is 0. The van der Waals surface area contributed by atoms with Crippen LogP contribution in [0, 0.1) is 0 Å². The third kappa shape index (κ3) is 3.76. The van der Waals surface area contributed by atoms with Crippen molar-refractivity contribution in [3.8, 4) is 0 Å². The summed E-state index contributed by atoms with van der Waals surface area (Å²) in [6, 6.07) is 27.3. The van der Waals surface area contributed by atoms with Crippen molar-refractivity contribution in [3.63, 3.8) is 0 Å². The first kappa shape index (κ1) is 20.0. The number of fused-ring (bicyclic) bond motifs is 2. The average Bonchev–Trinajstić information content (AvgIpc) is 3.43. The van der Waals surface area contributed by atoms with Gasteiger partial charge in [0.15, 0.2) is 0 Å². The zero-order valence-corrected chi connectivity index (χ0v) is 17.8. The number of aromatic amines is 1. The van der Waals surface area contributed by atoms with Gasteiger partial charge >= 0.3 is 0 Å². The summed E-state index contributed by atoms with van der Waals surface area (Å²) in [6.07, 6.45) is 0. The molecular formula is C26H24N4O2. The van der Waals surface area contributed by atoms with Crippen molar-refractivity contribution in [3.05, 3.63) is 102 Å². The van der Waals surface area contributed by atoms with E-state index in [-0.39, 0.29) is 5.91 Å². The second-order valence-corrected chi connectivity index (χ2v) is 7.69. The van der Waals surface area contributed by atoms with E-state index in [1.165, 1.54) is 0 Å². The third-order valence-electron chi connectivity index (χ3n) is 5.65. The SMILES string of the molecule is COCCn1c(C(=O)NC(c2ccccc2)c2nc3ccccc3[nH]2)cc2ccccc21. The van der Waals surface area contributed by atoms with Gasteiger partial charge in [0, 0.05) is 24.6 Å². The lowest BCUT2D eigenvalue weighted by Gasteiger charge is -2.18. The molecule has 160 valence electrons. The fourth-order valence-electron chi connectivity index (χ4n) is 4.09. The Morgan fingerprint density at radius 2 is 1.78 bits per heavy atom. The maximum absolute atomic E-state index is 13.6. The zero-order chi connectivity index (χ0) is 21.9. The summed E-state index contributed by atoms with van der Waals surface area (Å²) in [7, 11) is 1.67. The number of aromatic nitrogens is 3. The molecule has 5 rings (SSSR count). The summed E-state index contributed by atoms with van der Waals surface area (Å²) in [5.74, 6) is 0.539. The second-order valence-electron chi connectivity index (χ2n) is 7.69. The van der Waals surface area contributed by atoms with E-state index in [1.807, 2.05) is 89.5 Å². The molecule has 0 bridgehead atoms. The second kappa shape index (κ2) is 8.69. The van der Waals surface area contributed by atoms with Crippen molar-refractivity contribution in [2.75, 3.05) is 13.7 Å². The number of hydrogen-bond acceptors (Lipinski definition) is 3. The Balaban J connectivity index is 1.55. The van der Waals surface area contributed by atoms with Crippen LogP contribution < -0.4 is 5.32 Å². The molecule has 0 spiro atoms. The van der Waals surface area contributed by atoms with Crippen LogP contribution in [0.15, 0.2) is 84.9 Å². The number of methoxy groups -OCH3 is 1. The minimum absolute atomic E-state index is 0.161. The molecule has 2 N–H and O–H groups in total. The van der Waals surface area contributed by atoms with Gasteiger partial charge in [0.05, 0.1) is 17.6 Å². The predicted octanol–water partition coefficient (Wildman–Crippen LogP) is 4.68. The number of H-pyrrole nitrogens is 1. The highest BCUT2D eigenvalue weighted by Gasteiger charge is 2.23. The van der Waals surface area contributed by atoms with Gasteiger partial charge in [-0.2, -0.15) is 0 Å². The van der Waals surface area contributed by atoms with Crippen LogP contribution >= 0.6 is 0 Å². The van der Waals surface area contributed by atoms with Gasteiger partial charge in [0.2, 0.25) is 0 Å². The van der Waals surface area contributed by atoms with E-state index in [9.17, 15) is 4.79 Å². The van der Waals surface area contributed by atoms with Crippen molar-refractivity contribution in [2.45, 2.75) is 12.6 Å². The molecule has 0 aliphatic carbocycles. The average molecular weight is 425 g/mol. The van der Waals surface area contributed by atoms with E-state index in [4.69, 9.17) is 9.72 Å². The topological polar surface area (TPSA) is 71.9 Å². The Morgan fingerprint density at radius 3 is 2.59 bits per heavy atom. The molecule has 2 aromatic heterocycles. The Bertz CT molecular complexity index is 1340. The molecule has 0 radical (unpaired) electrons. The minimum atomic E-state index is -0.412. The fraction of sp³-hybridized carbons (Fsp3) is 0.154. The van der Waals surface area contributed by atoms with Gasteiger partial charge in [-0.05, 0) is 29.8 Å². The number of amides is 1. The van der Waals surface area contributed by atoms with Crippen LogP contribution in [0.25, 0.3) is 21.9 Å². The summed E-state index contributed by atoms with van der Waals surface area (Å²) in [5.41, 5.74) is 4.37. The van der Waals surface area contributed by atoms with Crippen LogP contribution in [-0.2, 0) is 11.3 Å². The van der Waals surface area contributed by atoms with Gasteiger partial charge in [-0.1, -0.05) is 60.7 Å². The van der Waals surface area contributed by atoms with Gasteiger partial charge in [-0.15, -0.1) is 0 Å². The van der Waals surface area contributed by atoms with Crippen LogP contribution in [0.2, 0.25) is 0 Å². The highest BCUT2D eigenvalue weighted by atomic mass is 16.5. The molecule has 32 heavy (non-hydrogen) atoms. The van der Waals surface area contributed by atoms with Crippen molar-refractivity contribution >= 4 is 27.8 Å². The third-order valence-corrected chi connectivity index (χ3v) is 5.65. The van der Waals surface area contributed by atoms with Gasteiger partial charge < -0.3 is 19.6 Å². The number of hydrogen-bond donors (Lipinski definition) is 2. The first-order chi connectivity index (χ1) is 15.7. The largest absolute Gasteiger partial charge is 0.383 e. The molecule has 0 aliphatic heterocycles. The van der Waals surface area contributed by atoms with E-state index >= 15 is 0 Å². The number of ether oxygens (including phenoxy) is 1. The van der Waals surface area contributed by atoms with E-state index in [0.29, 0.717) is 24.7 Å². The summed E-state index contributed by atoms with van der Waals surface area (Å²) in [4.78, 5) is 21.7. The lowest BCUT2D eigenvalue weighted by Crippen LogP contribution is -2.31. The van der Waals surface area contributed by atoms with Crippen molar-refractivity contribution < 1.29 is 9.53 Å². The van der Waals surface area contributed by atoms with Crippen molar-refractivity contribution in [2.24, 2.45) is 0 Å². The molecule has 0 aliphatic rings. The first-order valence-corrected chi connectivity index (χ1v) is 10.6. The number of nitrogens with one attached hydrogen (secondary N) is 2. The highest BCUT2D eigenvalue weighted by molar-refractivity contribution is 5.99. The molecule has 0 fully saturated rings. The number of benzene rings is 3. The Morgan fingerprint density at radius 1 is 1.03 bits per heavy atom. The summed E-state index contributed by atoms with van der Waals surface area (Å²) < 4.78 is 7.29. The Kier molecular flexibility index (Phi) is 5.44. The molecule has 6 heteroatoms. The molecule has 5 aromatic rings. The number of imidazole rings is 1.